The second kappa shape index (κ2) is 5.99. The van der Waals surface area contributed by atoms with Gasteiger partial charge >= 0.3 is 6.03 Å². The molecule has 5 nitrogen and oxygen atoms in total. The quantitative estimate of drug-likeness (QED) is 0.781. The third-order valence-corrected chi connectivity index (χ3v) is 4.39. The molecule has 22 heavy (non-hydrogen) atoms. The van der Waals surface area contributed by atoms with Gasteiger partial charge in [-0.2, -0.15) is 0 Å². The molecule has 1 atom stereocenters. The summed E-state index contributed by atoms with van der Waals surface area (Å²) in [7, 11) is 0. The molecule has 3 amide bonds. The van der Waals surface area contributed by atoms with Crippen molar-refractivity contribution >= 4 is 23.3 Å². The summed E-state index contributed by atoms with van der Waals surface area (Å²) in [6.45, 7) is 3.98. The zero-order chi connectivity index (χ0) is 15.7. The van der Waals surface area contributed by atoms with E-state index in [1.807, 2.05) is 32.0 Å². The van der Waals surface area contributed by atoms with Crippen molar-refractivity contribution in [1.29, 1.82) is 0 Å². The van der Waals surface area contributed by atoms with Crippen LogP contribution < -0.4 is 16.0 Å². The lowest BCUT2D eigenvalue weighted by molar-refractivity contribution is -0.117. The Kier molecular flexibility index (Phi) is 4.05. The van der Waals surface area contributed by atoms with Crippen LogP contribution in [0.2, 0.25) is 0 Å². The summed E-state index contributed by atoms with van der Waals surface area (Å²) in [6, 6.07) is 5.61. The number of amides is 3. The molecular weight excluding hydrogens is 278 g/mol. The van der Waals surface area contributed by atoms with Gasteiger partial charge in [0.2, 0.25) is 5.91 Å². The normalized spacial score (nSPS) is 18.5. The van der Waals surface area contributed by atoms with Crippen molar-refractivity contribution < 1.29 is 9.59 Å². The third-order valence-electron chi connectivity index (χ3n) is 4.39. The average molecular weight is 301 g/mol. The van der Waals surface area contributed by atoms with E-state index in [1.165, 1.54) is 12.8 Å². The number of hydrogen-bond donors (Lipinski definition) is 3. The van der Waals surface area contributed by atoms with Crippen molar-refractivity contribution in [1.82, 2.24) is 5.32 Å². The fourth-order valence-electron chi connectivity index (χ4n) is 2.50. The predicted octanol–water partition coefficient (Wildman–Crippen LogP) is 3.26. The van der Waals surface area contributed by atoms with E-state index in [0.717, 1.165) is 29.8 Å². The molecule has 0 saturated heterocycles. The highest BCUT2D eigenvalue weighted by Crippen LogP contribution is 2.32. The summed E-state index contributed by atoms with van der Waals surface area (Å²) in [6.07, 6.45) is 4.35. The topological polar surface area (TPSA) is 70.2 Å². The molecule has 2 aliphatic rings. The van der Waals surface area contributed by atoms with Gasteiger partial charge in [0.25, 0.3) is 0 Å². The second-order valence-electron chi connectivity index (χ2n) is 6.52. The minimum Gasteiger partial charge on any atom is -0.335 e. The van der Waals surface area contributed by atoms with E-state index in [1.54, 1.807) is 0 Å². The maximum Gasteiger partial charge on any atom is 0.319 e. The fraction of sp³-hybridized carbons (Fsp3) is 0.529. The number of urea groups is 1. The molecule has 3 rings (SSSR count). The largest absolute Gasteiger partial charge is 0.335 e. The molecular formula is C17H23N3O2. The van der Waals surface area contributed by atoms with Crippen molar-refractivity contribution in [3.8, 4) is 0 Å². The minimum absolute atomic E-state index is 0.0709. The molecule has 118 valence electrons. The maximum absolute atomic E-state index is 12.0. The van der Waals surface area contributed by atoms with Crippen molar-refractivity contribution in [2.24, 2.45) is 11.8 Å². The van der Waals surface area contributed by atoms with Crippen LogP contribution in [-0.4, -0.2) is 18.0 Å². The highest BCUT2D eigenvalue weighted by Gasteiger charge is 2.30. The van der Waals surface area contributed by atoms with Gasteiger partial charge in [-0.05, 0) is 63.1 Å². The molecule has 2 aliphatic carbocycles. The highest BCUT2D eigenvalue weighted by molar-refractivity contribution is 5.96. The molecule has 0 heterocycles. The predicted molar refractivity (Wildman–Crippen MR) is 86.9 cm³/mol. The molecule has 0 radical (unpaired) electrons. The zero-order valence-electron chi connectivity index (χ0n) is 13.1. The summed E-state index contributed by atoms with van der Waals surface area (Å²) >= 11 is 0. The number of carbonyl (C=O) groups is 2. The van der Waals surface area contributed by atoms with Crippen LogP contribution in [0.3, 0.4) is 0 Å². The number of carbonyl (C=O) groups excluding carboxylic acids is 2. The first-order valence-electron chi connectivity index (χ1n) is 8.02. The van der Waals surface area contributed by atoms with E-state index in [-0.39, 0.29) is 23.9 Å². The van der Waals surface area contributed by atoms with E-state index in [4.69, 9.17) is 0 Å². The van der Waals surface area contributed by atoms with E-state index < -0.39 is 0 Å². The van der Waals surface area contributed by atoms with Crippen LogP contribution in [0.25, 0.3) is 0 Å². The zero-order valence-corrected chi connectivity index (χ0v) is 13.1. The summed E-state index contributed by atoms with van der Waals surface area (Å²) in [5, 5.41) is 8.75. The van der Waals surface area contributed by atoms with Crippen LogP contribution in [0, 0.1) is 18.8 Å². The van der Waals surface area contributed by atoms with Gasteiger partial charge in [-0.15, -0.1) is 0 Å². The summed E-state index contributed by atoms with van der Waals surface area (Å²) in [4.78, 5) is 23.9. The van der Waals surface area contributed by atoms with Crippen molar-refractivity contribution in [3.63, 3.8) is 0 Å². The molecule has 3 N–H and O–H groups in total. The number of aryl methyl sites for hydroxylation is 1. The Labute approximate surface area is 130 Å². The van der Waals surface area contributed by atoms with E-state index in [2.05, 4.69) is 16.0 Å². The van der Waals surface area contributed by atoms with Crippen molar-refractivity contribution in [2.45, 2.75) is 45.6 Å². The fourth-order valence-corrected chi connectivity index (χ4v) is 2.50. The Hall–Kier alpha value is -2.04. The van der Waals surface area contributed by atoms with Crippen LogP contribution in [0.15, 0.2) is 18.2 Å². The van der Waals surface area contributed by atoms with Crippen molar-refractivity contribution in [3.05, 3.63) is 23.8 Å². The van der Waals surface area contributed by atoms with Gasteiger partial charge < -0.3 is 16.0 Å². The molecule has 1 aromatic rings. The minimum atomic E-state index is -0.187. The standard InChI is InChI=1S/C17H23N3O2/c1-10-3-8-14(19-16(21)13-6-7-13)9-15(10)20-17(22)18-11(2)12-4-5-12/h3,8-9,11-13H,4-7H2,1-2H3,(H,19,21)(H2,18,20,22). The molecule has 1 aromatic carbocycles. The van der Waals surface area contributed by atoms with Gasteiger partial charge in [0.15, 0.2) is 0 Å². The number of anilines is 2. The molecule has 2 saturated carbocycles. The second-order valence-corrected chi connectivity index (χ2v) is 6.52. The van der Waals surface area contributed by atoms with Crippen molar-refractivity contribution in [2.75, 3.05) is 10.6 Å². The molecule has 0 aliphatic heterocycles. The van der Waals surface area contributed by atoms with Crippen LogP contribution in [0.5, 0.6) is 0 Å². The van der Waals surface area contributed by atoms with Gasteiger partial charge in [-0.25, -0.2) is 4.79 Å². The lowest BCUT2D eigenvalue weighted by atomic mass is 10.1. The lowest BCUT2D eigenvalue weighted by Gasteiger charge is -2.15. The molecule has 2 fully saturated rings. The van der Waals surface area contributed by atoms with E-state index in [0.29, 0.717) is 5.92 Å². The van der Waals surface area contributed by atoms with Gasteiger partial charge in [-0.1, -0.05) is 6.07 Å². The molecule has 0 bridgehead atoms. The molecule has 0 spiro atoms. The Morgan fingerprint density at radius 3 is 2.50 bits per heavy atom. The Balaban J connectivity index is 1.61. The molecule has 0 aromatic heterocycles. The van der Waals surface area contributed by atoms with Gasteiger partial charge in [0.05, 0.1) is 0 Å². The highest BCUT2D eigenvalue weighted by atomic mass is 16.2. The monoisotopic (exact) mass is 301 g/mol. The van der Waals surface area contributed by atoms with E-state index >= 15 is 0 Å². The summed E-state index contributed by atoms with van der Waals surface area (Å²) < 4.78 is 0. The van der Waals surface area contributed by atoms with Crippen LogP contribution in [0.4, 0.5) is 16.2 Å². The third kappa shape index (κ3) is 3.78. The van der Waals surface area contributed by atoms with Crippen LogP contribution in [-0.2, 0) is 4.79 Å². The van der Waals surface area contributed by atoms with Gasteiger partial charge in [0.1, 0.15) is 0 Å². The average Bonchev–Trinajstić information content (AvgIpc) is 3.34. The first-order valence-corrected chi connectivity index (χ1v) is 8.02. The Morgan fingerprint density at radius 1 is 1.14 bits per heavy atom. The molecule has 5 heteroatoms. The Bertz CT molecular complexity index is 592. The smallest absolute Gasteiger partial charge is 0.319 e. The number of benzene rings is 1. The summed E-state index contributed by atoms with van der Waals surface area (Å²) in [5.74, 6) is 0.859. The SMILES string of the molecule is Cc1ccc(NC(=O)C2CC2)cc1NC(=O)NC(C)C1CC1. The number of rotatable bonds is 5. The van der Waals surface area contributed by atoms with Gasteiger partial charge in [-0.3, -0.25) is 4.79 Å². The number of hydrogen-bond acceptors (Lipinski definition) is 2. The first kappa shape index (κ1) is 14.9. The van der Waals surface area contributed by atoms with E-state index in [9.17, 15) is 9.59 Å². The maximum atomic E-state index is 12.0. The van der Waals surface area contributed by atoms with Gasteiger partial charge in [0, 0.05) is 23.3 Å². The van der Waals surface area contributed by atoms with Crippen LogP contribution >= 0.6 is 0 Å². The Morgan fingerprint density at radius 2 is 1.86 bits per heavy atom. The molecule has 1 unspecified atom stereocenters. The first-order chi connectivity index (χ1) is 10.5. The number of nitrogens with one attached hydrogen (secondary N) is 3. The summed E-state index contributed by atoms with van der Waals surface area (Å²) in [5.41, 5.74) is 2.43. The van der Waals surface area contributed by atoms with Crippen LogP contribution in [0.1, 0.15) is 38.2 Å². The lowest BCUT2D eigenvalue weighted by Crippen LogP contribution is -2.37.